The molecule has 74 valence electrons. The van der Waals surface area contributed by atoms with Crippen molar-refractivity contribution in [3.05, 3.63) is 27.9 Å². The summed E-state index contributed by atoms with van der Waals surface area (Å²) in [4.78, 5) is 22.7. The molecule has 0 aliphatic carbocycles. The van der Waals surface area contributed by atoms with Crippen molar-refractivity contribution in [3.63, 3.8) is 0 Å². The fraction of sp³-hybridized carbons (Fsp3) is 0.444. The van der Waals surface area contributed by atoms with Gasteiger partial charge in [0.2, 0.25) is 0 Å². The molecule has 1 aromatic rings. The van der Waals surface area contributed by atoms with Gasteiger partial charge in [-0.05, 0) is 6.42 Å². The van der Waals surface area contributed by atoms with Gasteiger partial charge < -0.3 is 5.73 Å². The van der Waals surface area contributed by atoms with Crippen molar-refractivity contribution < 1.29 is 9.36 Å². The van der Waals surface area contributed by atoms with Crippen LogP contribution in [0.15, 0.2) is 11.0 Å². The van der Waals surface area contributed by atoms with E-state index < -0.39 is 5.91 Å². The minimum absolute atomic E-state index is 0.0677. The second-order valence-corrected chi connectivity index (χ2v) is 3.49. The Labute approximate surface area is 80.8 Å². The molecule has 2 N–H and O–H groups in total. The van der Waals surface area contributed by atoms with E-state index in [1.54, 1.807) is 9.13 Å². The van der Waals surface area contributed by atoms with Crippen molar-refractivity contribution in [2.45, 2.75) is 19.4 Å². The largest absolute Gasteiger partial charge is 0.365 e. The topological polar surface area (TPSA) is 69.0 Å². The lowest BCUT2D eigenvalue weighted by atomic mass is 10.3. The Morgan fingerprint density at radius 1 is 1.64 bits per heavy atom. The van der Waals surface area contributed by atoms with Crippen LogP contribution in [0.1, 0.15) is 22.6 Å². The summed E-state index contributed by atoms with van der Waals surface area (Å²) in [6.07, 6.45) is 3.35. The molecule has 0 spiro atoms. The molecule has 1 aliphatic heterocycles. The highest BCUT2D eigenvalue weighted by molar-refractivity contribution is 5.91. The van der Waals surface area contributed by atoms with Crippen LogP contribution in [0.25, 0.3) is 0 Å². The summed E-state index contributed by atoms with van der Waals surface area (Å²) in [6, 6.07) is 0. The minimum atomic E-state index is -0.659. The molecule has 0 saturated carbocycles. The Morgan fingerprint density at radius 2 is 2.36 bits per heavy atom. The Kier molecular flexibility index (Phi) is 1.87. The Hall–Kier alpha value is -1.65. The molecular weight excluding hydrogens is 182 g/mol. The highest BCUT2D eigenvalue weighted by atomic mass is 16.2. The maximum Gasteiger partial charge on any atom is 0.350 e. The van der Waals surface area contributed by atoms with Gasteiger partial charge in [-0.3, -0.25) is 4.79 Å². The van der Waals surface area contributed by atoms with Gasteiger partial charge in [0.25, 0.3) is 11.7 Å². The number of rotatable bonds is 1. The van der Waals surface area contributed by atoms with E-state index >= 15 is 0 Å². The Bertz CT molecular complexity index is 462. The standard InChI is InChI=1S/C9H11N3O2/c1-11-5-6(8(10)13)9(14)12-4-2-3-7(11)12/h5H,2-4H2,1H3,(H-,10,13)/p+1. The van der Waals surface area contributed by atoms with Crippen LogP contribution in [0.4, 0.5) is 0 Å². The van der Waals surface area contributed by atoms with Crippen molar-refractivity contribution in [1.29, 1.82) is 0 Å². The van der Waals surface area contributed by atoms with E-state index in [1.165, 1.54) is 6.20 Å². The smallest absolute Gasteiger partial charge is 0.350 e. The molecule has 1 aliphatic rings. The molecule has 14 heavy (non-hydrogen) atoms. The maximum atomic E-state index is 11.7. The van der Waals surface area contributed by atoms with Crippen LogP contribution in [0.5, 0.6) is 0 Å². The average Bonchev–Trinajstić information content (AvgIpc) is 2.59. The van der Waals surface area contributed by atoms with Crippen molar-refractivity contribution >= 4 is 5.91 Å². The third-order valence-electron chi connectivity index (χ3n) is 2.56. The summed E-state index contributed by atoms with van der Waals surface area (Å²) < 4.78 is 3.43. The molecule has 0 unspecified atom stereocenters. The molecule has 2 heterocycles. The van der Waals surface area contributed by atoms with Gasteiger partial charge in [-0.2, -0.15) is 4.57 Å². The van der Waals surface area contributed by atoms with E-state index in [0.29, 0.717) is 6.54 Å². The molecule has 0 aromatic carbocycles. The Morgan fingerprint density at radius 3 is 3.00 bits per heavy atom. The van der Waals surface area contributed by atoms with Crippen molar-refractivity contribution in [2.75, 3.05) is 0 Å². The number of nitrogens with two attached hydrogens (primary N) is 1. The van der Waals surface area contributed by atoms with Gasteiger partial charge in [0.1, 0.15) is 6.20 Å². The summed E-state index contributed by atoms with van der Waals surface area (Å²) in [5.74, 6) is 0.299. The zero-order valence-electron chi connectivity index (χ0n) is 7.99. The van der Waals surface area contributed by atoms with Gasteiger partial charge in [-0.1, -0.05) is 0 Å². The highest BCUT2D eigenvalue weighted by Crippen LogP contribution is 2.06. The fourth-order valence-electron chi connectivity index (χ4n) is 1.88. The molecule has 0 bridgehead atoms. The summed E-state index contributed by atoms with van der Waals surface area (Å²) in [5, 5.41) is 0. The number of hydrogen-bond donors (Lipinski definition) is 1. The van der Waals surface area contributed by atoms with E-state index in [0.717, 1.165) is 18.7 Å². The van der Waals surface area contributed by atoms with Gasteiger partial charge in [0, 0.05) is 0 Å². The monoisotopic (exact) mass is 194 g/mol. The van der Waals surface area contributed by atoms with E-state index in [9.17, 15) is 9.59 Å². The van der Waals surface area contributed by atoms with Gasteiger partial charge in [-0.15, -0.1) is 0 Å². The third kappa shape index (κ3) is 1.13. The predicted octanol–water partition coefficient (Wildman–Crippen LogP) is -1.28. The van der Waals surface area contributed by atoms with E-state index in [2.05, 4.69) is 0 Å². The molecule has 5 nitrogen and oxygen atoms in total. The summed E-state index contributed by atoms with van der Waals surface area (Å²) in [5.41, 5.74) is 4.92. The number of primary amides is 1. The van der Waals surface area contributed by atoms with Crippen LogP contribution in [0.2, 0.25) is 0 Å². The number of aryl methyl sites for hydroxylation is 1. The van der Waals surface area contributed by atoms with Crippen molar-refractivity contribution in [1.82, 2.24) is 4.57 Å². The lowest BCUT2D eigenvalue weighted by Gasteiger charge is -2.01. The number of amides is 1. The number of nitrogens with zero attached hydrogens (tertiary/aromatic N) is 2. The predicted molar refractivity (Wildman–Crippen MR) is 48.7 cm³/mol. The molecule has 2 rings (SSSR count). The van der Waals surface area contributed by atoms with Gasteiger partial charge in [0.05, 0.1) is 20.0 Å². The molecule has 1 amide bonds. The molecule has 0 atom stereocenters. The zero-order chi connectivity index (χ0) is 10.3. The van der Waals surface area contributed by atoms with Crippen LogP contribution in [-0.4, -0.2) is 10.5 Å². The fourth-order valence-corrected chi connectivity index (χ4v) is 1.88. The van der Waals surface area contributed by atoms with Crippen LogP contribution in [-0.2, 0) is 20.0 Å². The van der Waals surface area contributed by atoms with Crippen molar-refractivity contribution in [3.8, 4) is 0 Å². The van der Waals surface area contributed by atoms with E-state index in [1.807, 2.05) is 7.05 Å². The number of carbonyl (C=O) groups is 1. The van der Waals surface area contributed by atoms with Gasteiger partial charge >= 0.3 is 5.56 Å². The average molecular weight is 194 g/mol. The normalized spacial score (nSPS) is 14.1. The van der Waals surface area contributed by atoms with Crippen LogP contribution in [0.3, 0.4) is 0 Å². The SMILES string of the molecule is C[n+]1cc(C(N)=O)c(=O)n2c1CCC2. The summed E-state index contributed by atoms with van der Waals surface area (Å²) in [7, 11) is 1.82. The second-order valence-electron chi connectivity index (χ2n) is 3.49. The first-order valence-electron chi connectivity index (χ1n) is 4.53. The first kappa shape index (κ1) is 8.93. The van der Waals surface area contributed by atoms with Crippen LogP contribution in [0, 0.1) is 0 Å². The summed E-state index contributed by atoms with van der Waals surface area (Å²) >= 11 is 0. The van der Waals surface area contributed by atoms with Gasteiger partial charge in [-0.25, -0.2) is 9.36 Å². The zero-order valence-corrected chi connectivity index (χ0v) is 7.99. The van der Waals surface area contributed by atoms with Crippen molar-refractivity contribution in [2.24, 2.45) is 12.8 Å². The number of carbonyl (C=O) groups excluding carboxylic acids is 1. The summed E-state index contributed by atoms with van der Waals surface area (Å²) in [6.45, 7) is 0.684. The quantitative estimate of drug-likeness (QED) is 0.566. The maximum absolute atomic E-state index is 11.7. The molecule has 0 fully saturated rings. The third-order valence-corrected chi connectivity index (χ3v) is 2.56. The highest BCUT2D eigenvalue weighted by Gasteiger charge is 2.26. The molecule has 0 saturated heterocycles. The van der Waals surface area contributed by atoms with Crippen LogP contribution < -0.4 is 15.9 Å². The number of aromatic nitrogens is 2. The molecule has 1 aromatic heterocycles. The number of fused-ring (bicyclic) bond motifs is 1. The van der Waals surface area contributed by atoms with Crippen LogP contribution >= 0.6 is 0 Å². The lowest BCUT2D eigenvalue weighted by Crippen LogP contribution is -2.44. The van der Waals surface area contributed by atoms with E-state index in [4.69, 9.17) is 5.73 Å². The first-order valence-corrected chi connectivity index (χ1v) is 4.53. The molecule has 0 radical (unpaired) electrons. The van der Waals surface area contributed by atoms with Gasteiger partial charge in [0.15, 0.2) is 5.56 Å². The first-order chi connectivity index (χ1) is 6.61. The Balaban J connectivity index is 2.74. The minimum Gasteiger partial charge on any atom is -0.365 e. The van der Waals surface area contributed by atoms with E-state index in [-0.39, 0.29) is 11.1 Å². The molecular formula is C9H12N3O2+. The second kappa shape index (κ2) is 2.94. The number of hydrogen-bond acceptors (Lipinski definition) is 2. The molecule has 5 heteroatoms. The lowest BCUT2D eigenvalue weighted by molar-refractivity contribution is -0.683.